The van der Waals surface area contributed by atoms with Gasteiger partial charge >= 0.3 is 0 Å². The summed E-state index contributed by atoms with van der Waals surface area (Å²) in [6.07, 6.45) is 0. The molecule has 1 atom stereocenters. The molecular weight excluding hydrogens is 208 g/mol. The summed E-state index contributed by atoms with van der Waals surface area (Å²) in [6, 6.07) is 3.74. The van der Waals surface area contributed by atoms with E-state index in [2.05, 4.69) is 5.32 Å². The van der Waals surface area contributed by atoms with Crippen molar-refractivity contribution in [1.29, 1.82) is 0 Å². The van der Waals surface area contributed by atoms with Crippen molar-refractivity contribution in [3.05, 3.63) is 23.8 Å². The molecule has 6 heteroatoms. The topological polar surface area (TPSA) is 124 Å². The quantitative estimate of drug-likeness (QED) is 0.512. The van der Waals surface area contributed by atoms with Crippen molar-refractivity contribution < 1.29 is 9.59 Å². The van der Waals surface area contributed by atoms with Crippen LogP contribution in [0.2, 0.25) is 0 Å². The predicted molar refractivity (Wildman–Crippen MR) is 61.4 cm³/mol. The molecule has 1 aromatic carbocycles. The Morgan fingerprint density at radius 3 is 2.12 bits per heavy atom. The first-order valence-electron chi connectivity index (χ1n) is 4.66. The van der Waals surface area contributed by atoms with Crippen molar-refractivity contribution in [3.8, 4) is 0 Å². The maximum Gasteiger partial charge on any atom is 0.252 e. The van der Waals surface area contributed by atoms with E-state index in [4.69, 9.17) is 17.2 Å². The van der Waals surface area contributed by atoms with E-state index >= 15 is 0 Å². The number of nitrogen functional groups attached to an aromatic ring is 2. The van der Waals surface area contributed by atoms with Gasteiger partial charge in [0.15, 0.2) is 0 Å². The fourth-order valence-electron chi connectivity index (χ4n) is 1.16. The fourth-order valence-corrected chi connectivity index (χ4v) is 1.16. The monoisotopic (exact) mass is 222 g/mol. The smallest absolute Gasteiger partial charge is 0.252 e. The number of hydrogen-bond donors (Lipinski definition) is 4. The van der Waals surface area contributed by atoms with E-state index < -0.39 is 17.9 Å². The number of anilines is 2. The summed E-state index contributed by atoms with van der Waals surface area (Å²) in [4.78, 5) is 22.4. The molecule has 1 rings (SSSR count). The summed E-state index contributed by atoms with van der Waals surface area (Å²) in [6.45, 7) is 1.50. The lowest BCUT2D eigenvalue weighted by atomic mass is 10.1. The van der Waals surface area contributed by atoms with Gasteiger partial charge in [-0.15, -0.1) is 0 Å². The number of benzene rings is 1. The van der Waals surface area contributed by atoms with Gasteiger partial charge < -0.3 is 22.5 Å². The number of primary amides is 1. The maximum atomic E-state index is 11.6. The summed E-state index contributed by atoms with van der Waals surface area (Å²) < 4.78 is 0. The van der Waals surface area contributed by atoms with E-state index in [1.165, 1.54) is 25.1 Å². The molecule has 0 aliphatic rings. The Morgan fingerprint density at radius 1 is 1.19 bits per heavy atom. The molecule has 1 unspecified atom stereocenters. The summed E-state index contributed by atoms with van der Waals surface area (Å²) in [5, 5.41) is 2.43. The zero-order chi connectivity index (χ0) is 12.3. The lowest BCUT2D eigenvalue weighted by Gasteiger charge is -2.10. The Kier molecular flexibility index (Phi) is 3.34. The first-order valence-corrected chi connectivity index (χ1v) is 4.66. The third kappa shape index (κ3) is 2.88. The molecule has 7 N–H and O–H groups in total. The Bertz CT molecular complexity index is 411. The second kappa shape index (κ2) is 4.52. The normalized spacial score (nSPS) is 11.8. The highest BCUT2D eigenvalue weighted by Crippen LogP contribution is 2.13. The van der Waals surface area contributed by atoms with Crippen LogP contribution in [0.4, 0.5) is 11.4 Å². The predicted octanol–water partition coefficient (Wildman–Crippen LogP) is -0.545. The van der Waals surface area contributed by atoms with E-state index in [0.717, 1.165) is 0 Å². The molecule has 0 aromatic heterocycles. The molecule has 0 bridgehead atoms. The summed E-state index contributed by atoms with van der Waals surface area (Å²) in [5.41, 5.74) is 17.2. The van der Waals surface area contributed by atoms with Crippen molar-refractivity contribution in [2.24, 2.45) is 5.73 Å². The number of carbonyl (C=O) groups is 2. The van der Waals surface area contributed by atoms with Gasteiger partial charge in [0.1, 0.15) is 6.04 Å². The minimum Gasteiger partial charge on any atom is -0.399 e. The van der Waals surface area contributed by atoms with Crippen LogP contribution in [0.25, 0.3) is 0 Å². The molecule has 16 heavy (non-hydrogen) atoms. The second-order valence-corrected chi connectivity index (χ2v) is 3.49. The fraction of sp³-hybridized carbons (Fsp3) is 0.200. The molecule has 0 spiro atoms. The first-order chi connectivity index (χ1) is 7.40. The van der Waals surface area contributed by atoms with Crippen LogP contribution in [-0.4, -0.2) is 17.9 Å². The van der Waals surface area contributed by atoms with Crippen molar-refractivity contribution in [1.82, 2.24) is 5.32 Å². The van der Waals surface area contributed by atoms with Crippen molar-refractivity contribution in [2.75, 3.05) is 11.5 Å². The zero-order valence-electron chi connectivity index (χ0n) is 8.86. The van der Waals surface area contributed by atoms with Crippen molar-refractivity contribution in [2.45, 2.75) is 13.0 Å². The van der Waals surface area contributed by atoms with Crippen LogP contribution in [0.3, 0.4) is 0 Å². The molecule has 2 amide bonds. The SMILES string of the molecule is CC(NC(=O)c1cc(N)cc(N)c1)C(N)=O. The van der Waals surface area contributed by atoms with Gasteiger partial charge in [0.2, 0.25) is 5.91 Å². The largest absolute Gasteiger partial charge is 0.399 e. The standard InChI is InChI=1S/C10H14N4O2/c1-5(9(13)15)14-10(16)6-2-7(11)4-8(12)3-6/h2-5H,11-12H2,1H3,(H2,13,15)(H,14,16). The van der Waals surface area contributed by atoms with E-state index in [-0.39, 0.29) is 0 Å². The molecule has 86 valence electrons. The van der Waals surface area contributed by atoms with Gasteiger partial charge in [-0.25, -0.2) is 0 Å². The average Bonchev–Trinajstić information content (AvgIpc) is 2.15. The highest BCUT2D eigenvalue weighted by atomic mass is 16.2. The highest BCUT2D eigenvalue weighted by Gasteiger charge is 2.14. The molecule has 0 heterocycles. The average molecular weight is 222 g/mol. The first kappa shape index (κ1) is 11.8. The van der Waals surface area contributed by atoms with Crippen LogP contribution in [0, 0.1) is 0 Å². The molecule has 0 saturated heterocycles. The lowest BCUT2D eigenvalue weighted by Crippen LogP contribution is -2.42. The van der Waals surface area contributed by atoms with Crippen LogP contribution >= 0.6 is 0 Å². The Morgan fingerprint density at radius 2 is 1.69 bits per heavy atom. The van der Waals surface area contributed by atoms with Crippen LogP contribution < -0.4 is 22.5 Å². The van der Waals surface area contributed by atoms with E-state index in [0.29, 0.717) is 16.9 Å². The molecule has 1 aromatic rings. The summed E-state index contributed by atoms with van der Waals surface area (Å²) >= 11 is 0. The highest BCUT2D eigenvalue weighted by molar-refractivity contribution is 5.98. The van der Waals surface area contributed by atoms with Crippen LogP contribution in [0.15, 0.2) is 18.2 Å². The second-order valence-electron chi connectivity index (χ2n) is 3.49. The van der Waals surface area contributed by atoms with Gasteiger partial charge in [-0.2, -0.15) is 0 Å². The molecule has 0 fully saturated rings. The molecule has 0 aliphatic carbocycles. The van der Waals surface area contributed by atoms with E-state index in [1.807, 2.05) is 0 Å². The van der Waals surface area contributed by atoms with Crippen LogP contribution in [-0.2, 0) is 4.79 Å². The third-order valence-corrected chi connectivity index (χ3v) is 2.01. The molecule has 0 aliphatic heterocycles. The number of rotatable bonds is 3. The Hall–Kier alpha value is -2.24. The number of hydrogen-bond acceptors (Lipinski definition) is 4. The Labute approximate surface area is 92.8 Å². The molecule has 6 nitrogen and oxygen atoms in total. The summed E-state index contributed by atoms with van der Waals surface area (Å²) in [7, 11) is 0. The van der Waals surface area contributed by atoms with Gasteiger partial charge in [0, 0.05) is 16.9 Å². The number of carbonyl (C=O) groups excluding carboxylic acids is 2. The van der Waals surface area contributed by atoms with Gasteiger partial charge in [-0.05, 0) is 25.1 Å². The van der Waals surface area contributed by atoms with Crippen molar-refractivity contribution in [3.63, 3.8) is 0 Å². The minimum atomic E-state index is -0.741. The van der Waals surface area contributed by atoms with Gasteiger partial charge in [-0.1, -0.05) is 0 Å². The number of nitrogens with two attached hydrogens (primary N) is 3. The lowest BCUT2D eigenvalue weighted by molar-refractivity contribution is -0.119. The third-order valence-electron chi connectivity index (χ3n) is 2.01. The maximum absolute atomic E-state index is 11.6. The molecular formula is C10H14N4O2. The van der Waals surface area contributed by atoms with Crippen LogP contribution in [0.1, 0.15) is 17.3 Å². The number of amides is 2. The van der Waals surface area contributed by atoms with E-state index in [1.54, 1.807) is 0 Å². The zero-order valence-corrected chi connectivity index (χ0v) is 8.86. The van der Waals surface area contributed by atoms with Gasteiger partial charge in [-0.3, -0.25) is 9.59 Å². The number of nitrogens with one attached hydrogen (secondary N) is 1. The summed E-state index contributed by atoms with van der Waals surface area (Å²) in [5.74, 6) is -1.05. The van der Waals surface area contributed by atoms with E-state index in [9.17, 15) is 9.59 Å². The minimum absolute atomic E-state index is 0.297. The van der Waals surface area contributed by atoms with Gasteiger partial charge in [0.05, 0.1) is 0 Å². The van der Waals surface area contributed by atoms with Gasteiger partial charge in [0.25, 0.3) is 5.91 Å². The molecule has 0 radical (unpaired) electrons. The Balaban J connectivity index is 2.84. The van der Waals surface area contributed by atoms with Crippen molar-refractivity contribution >= 4 is 23.2 Å². The van der Waals surface area contributed by atoms with Crippen LogP contribution in [0.5, 0.6) is 0 Å². The molecule has 0 saturated carbocycles.